The minimum absolute atomic E-state index is 0.570. The molecule has 0 N–H and O–H groups in total. The van der Waals surface area contributed by atoms with E-state index >= 15 is 0 Å². The highest BCUT2D eigenvalue weighted by Gasteiger charge is 2.04. The summed E-state index contributed by atoms with van der Waals surface area (Å²) < 4.78 is 6.65. The van der Waals surface area contributed by atoms with Crippen molar-refractivity contribution in [2.24, 2.45) is 0 Å². The molecule has 0 bridgehead atoms. The number of rotatable bonds is 3. The van der Waals surface area contributed by atoms with Crippen LogP contribution in [0.25, 0.3) is 21.3 Å². The third-order valence-electron chi connectivity index (χ3n) is 2.65. The number of thiophene rings is 1. The second-order valence-corrected chi connectivity index (χ2v) is 4.80. The summed E-state index contributed by atoms with van der Waals surface area (Å²) in [5, 5.41) is 3.33. The van der Waals surface area contributed by atoms with Gasteiger partial charge in [0.15, 0.2) is 0 Å². The zero-order valence-electron chi connectivity index (χ0n) is 9.96. The average Bonchev–Trinajstić information content (AvgIpc) is 2.86. The molecule has 2 aromatic heterocycles. The largest absolute Gasteiger partial charge is 0.477 e. The molecule has 0 fully saturated rings. The maximum absolute atomic E-state index is 5.37. The molecular formula is C14H12N2OS. The van der Waals surface area contributed by atoms with Gasteiger partial charge in [0.1, 0.15) is 0 Å². The lowest BCUT2D eigenvalue weighted by Crippen LogP contribution is -1.96. The Morgan fingerprint density at radius 3 is 3.06 bits per heavy atom. The average molecular weight is 256 g/mol. The first-order valence-electron chi connectivity index (χ1n) is 5.79. The van der Waals surface area contributed by atoms with E-state index in [9.17, 15) is 0 Å². The fourth-order valence-electron chi connectivity index (χ4n) is 1.83. The second kappa shape index (κ2) is 4.74. The summed E-state index contributed by atoms with van der Waals surface area (Å²) in [5.74, 6) is 0.570. The molecule has 18 heavy (non-hydrogen) atoms. The maximum atomic E-state index is 5.37. The number of ether oxygens (including phenoxy) is 1. The number of nitrogens with zero attached hydrogens (tertiary/aromatic N) is 2. The van der Waals surface area contributed by atoms with Gasteiger partial charge in [0, 0.05) is 10.3 Å². The van der Waals surface area contributed by atoms with Crippen LogP contribution in [0.4, 0.5) is 0 Å². The summed E-state index contributed by atoms with van der Waals surface area (Å²) in [6, 6.07) is 8.43. The number of hydrogen-bond donors (Lipinski definition) is 0. The van der Waals surface area contributed by atoms with E-state index in [1.807, 2.05) is 6.92 Å². The fraction of sp³-hybridized carbons (Fsp3) is 0.143. The summed E-state index contributed by atoms with van der Waals surface area (Å²) in [4.78, 5) is 8.61. The molecule has 2 heterocycles. The molecule has 0 saturated carbocycles. The molecule has 0 radical (unpaired) electrons. The Balaban J connectivity index is 2.04. The van der Waals surface area contributed by atoms with Gasteiger partial charge in [0.2, 0.25) is 5.88 Å². The molecule has 3 aromatic rings. The van der Waals surface area contributed by atoms with Crippen LogP contribution in [0.1, 0.15) is 6.92 Å². The van der Waals surface area contributed by atoms with Crippen LogP contribution in [0.2, 0.25) is 0 Å². The molecule has 0 atom stereocenters. The highest BCUT2D eigenvalue weighted by atomic mass is 32.1. The first kappa shape index (κ1) is 11.2. The quantitative estimate of drug-likeness (QED) is 0.715. The van der Waals surface area contributed by atoms with E-state index in [0.717, 1.165) is 11.3 Å². The molecule has 90 valence electrons. The van der Waals surface area contributed by atoms with Gasteiger partial charge in [-0.3, -0.25) is 4.98 Å². The molecule has 0 aliphatic carbocycles. The zero-order chi connectivity index (χ0) is 12.4. The van der Waals surface area contributed by atoms with E-state index in [1.165, 1.54) is 10.1 Å². The minimum atomic E-state index is 0.570. The smallest absolute Gasteiger partial charge is 0.232 e. The first-order chi connectivity index (χ1) is 8.86. The molecule has 0 spiro atoms. The van der Waals surface area contributed by atoms with E-state index in [2.05, 4.69) is 39.6 Å². The molecule has 0 amide bonds. The van der Waals surface area contributed by atoms with Crippen molar-refractivity contribution in [1.29, 1.82) is 0 Å². The maximum Gasteiger partial charge on any atom is 0.232 e. The summed E-state index contributed by atoms with van der Waals surface area (Å²) >= 11 is 1.74. The van der Waals surface area contributed by atoms with Gasteiger partial charge in [-0.2, -0.15) is 0 Å². The van der Waals surface area contributed by atoms with E-state index in [0.29, 0.717) is 12.5 Å². The van der Waals surface area contributed by atoms with Crippen molar-refractivity contribution in [3.8, 4) is 17.1 Å². The SMILES string of the molecule is CCOc1cncc(-c2ccc3sccc3c2)n1. The molecule has 1 aromatic carbocycles. The number of aromatic nitrogens is 2. The van der Waals surface area contributed by atoms with Crippen molar-refractivity contribution in [1.82, 2.24) is 9.97 Å². The monoisotopic (exact) mass is 256 g/mol. The lowest BCUT2D eigenvalue weighted by atomic mass is 10.1. The third-order valence-corrected chi connectivity index (χ3v) is 3.55. The van der Waals surface area contributed by atoms with Crippen LogP contribution >= 0.6 is 11.3 Å². The first-order valence-corrected chi connectivity index (χ1v) is 6.67. The number of benzene rings is 1. The van der Waals surface area contributed by atoms with Crippen molar-refractivity contribution >= 4 is 21.4 Å². The van der Waals surface area contributed by atoms with Crippen LogP contribution < -0.4 is 4.74 Å². The van der Waals surface area contributed by atoms with Crippen LogP contribution in [-0.2, 0) is 0 Å². The predicted octanol–water partition coefficient (Wildman–Crippen LogP) is 3.76. The van der Waals surface area contributed by atoms with Crippen molar-refractivity contribution in [3.63, 3.8) is 0 Å². The van der Waals surface area contributed by atoms with Gasteiger partial charge in [-0.1, -0.05) is 6.07 Å². The molecule has 4 heteroatoms. The molecular weight excluding hydrogens is 244 g/mol. The Kier molecular flexibility index (Phi) is 2.94. The highest BCUT2D eigenvalue weighted by Crippen LogP contribution is 2.26. The van der Waals surface area contributed by atoms with Crippen LogP contribution in [0.5, 0.6) is 5.88 Å². The van der Waals surface area contributed by atoms with Crippen LogP contribution in [0.15, 0.2) is 42.0 Å². The Hall–Kier alpha value is -1.94. The molecule has 0 aliphatic heterocycles. The van der Waals surface area contributed by atoms with Gasteiger partial charge >= 0.3 is 0 Å². The van der Waals surface area contributed by atoms with Gasteiger partial charge in [-0.15, -0.1) is 11.3 Å². The van der Waals surface area contributed by atoms with E-state index in [4.69, 9.17) is 4.74 Å². The van der Waals surface area contributed by atoms with Crippen LogP contribution in [-0.4, -0.2) is 16.6 Å². The molecule has 0 unspecified atom stereocenters. The lowest BCUT2D eigenvalue weighted by Gasteiger charge is -2.04. The van der Waals surface area contributed by atoms with Gasteiger partial charge in [0.05, 0.1) is 24.7 Å². The Morgan fingerprint density at radius 2 is 2.17 bits per heavy atom. The molecule has 3 nitrogen and oxygen atoms in total. The predicted molar refractivity (Wildman–Crippen MR) is 74.0 cm³/mol. The lowest BCUT2D eigenvalue weighted by molar-refractivity contribution is 0.325. The minimum Gasteiger partial charge on any atom is -0.477 e. The van der Waals surface area contributed by atoms with E-state index in [-0.39, 0.29) is 0 Å². The van der Waals surface area contributed by atoms with Crippen molar-refractivity contribution < 1.29 is 4.74 Å². The standard InChI is InChI=1S/C14H12N2OS/c1-2-17-14-9-15-8-12(16-14)10-3-4-13-11(7-10)5-6-18-13/h3-9H,2H2,1H3. The third kappa shape index (κ3) is 2.07. The van der Waals surface area contributed by atoms with Gasteiger partial charge < -0.3 is 4.74 Å². The van der Waals surface area contributed by atoms with Crippen molar-refractivity contribution in [2.75, 3.05) is 6.61 Å². The van der Waals surface area contributed by atoms with E-state index in [1.54, 1.807) is 23.7 Å². The van der Waals surface area contributed by atoms with Crippen LogP contribution in [0.3, 0.4) is 0 Å². The molecule has 3 rings (SSSR count). The Morgan fingerprint density at radius 1 is 1.22 bits per heavy atom. The van der Waals surface area contributed by atoms with Gasteiger partial charge in [-0.25, -0.2) is 4.98 Å². The van der Waals surface area contributed by atoms with Crippen molar-refractivity contribution in [2.45, 2.75) is 6.92 Å². The second-order valence-electron chi connectivity index (χ2n) is 3.85. The summed E-state index contributed by atoms with van der Waals surface area (Å²) in [6.07, 6.45) is 3.40. The Bertz CT molecular complexity index is 678. The number of hydrogen-bond acceptors (Lipinski definition) is 4. The van der Waals surface area contributed by atoms with Crippen molar-refractivity contribution in [3.05, 3.63) is 42.0 Å². The highest BCUT2D eigenvalue weighted by molar-refractivity contribution is 7.17. The zero-order valence-corrected chi connectivity index (χ0v) is 10.8. The normalized spacial score (nSPS) is 10.7. The summed E-state index contributed by atoms with van der Waals surface area (Å²) in [7, 11) is 0. The van der Waals surface area contributed by atoms with E-state index < -0.39 is 0 Å². The van der Waals surface area contributed by atoms with Crippen LogP contribution in [0, 0.1) is 0 Å². The summed E-state index contributed by atoms with van der Waals surface area (Å²) in [6.45, 7) is 2.54. The molecule has 0 aliphatic rings. The summed E-state index contributed by atoms with van der Waals surface area (Å²) in [5.41, 5.74) is 1.91. The topological polar surface area (TPSA) is 35.0 Å². The fourth-order valence-corrected chi connectivity index (χ4v) is 2.60. The Labute approximate surface area is 109 Å². The van der Waals surface area contributed by atoms with Gasteiger partial charge in [0.25, 0.3) is 0 Å². The van der Waals surface area contributed by atoms with Gasteiger partial charge in [-0.05, 0) is 35.9 Å². The number of fused-ring (bicyclic) bond motifs is 1. The molecule has 0 saturated heterocycles.